The van der Waals surface area contributed by atoms with Crippen LogP contribution in [-0.2, 0) is 42.4 Å². The average Bonchev–Trinajstić information content (AvgIpc) is 0.792. The number of carbonyl (C=O) groups is 9. The zero-order chi connectivity index (χ0) is 85.6. The molecule has 7 aromatic rings. The van der Waals surface area contributed by atoms with Gasteiger partial charge in [-0.3, -0.25) is 29.0 Å². The monoisotopic (exact) mass is 1640 g/mol. The lowest BCUT2D eigenvalue weighted by Gasteiger charge is -2.34. The summed E-state index contributed by atoms with van der Waals surface area (Å²) in [6, 6.07) is 22.0. The predicted molar refractivity (Wildman–Crippen MR) is 414 cm³/mol. The summed E-state index contributed by atoms with van der Waals surface area (Å²) in [5, 5.41) is 20.5. The van der Waals surface area contributed by atoms with Gasteiger partial charge in [-0.25, -0.2) is 19.2 Å². The van der Waals surface area contributed by atoms with Crippen LogP contribution in [0.5, 0.6) is 34.5 Å². The lowest BCUT2D eigenvalue weighted by atomic mass is 9.82. The second-order valence-electron chi connectivity index (χ2n) is 29.8. The Hall–Kier alpha value is -11.0. The van der Waals surface area contributed by atoms with Crippen LogP contribution in [0.25, 0.3) is 0 Å². The third-order valence-corrected chi connectivity index (χ3v) is 20.5. The highest BCUT2D eigenvalue weighted by Crippen LogP contribution is 2.46. The van der Waals surface area contributed by atoms with Crippen LogP contribution in [0.3, 0.4) is 0 Å². The van der Waals surface area contributed by atoms with Crippen molar-refractivity contribution in [3.63, 3.8) is 0 Å². The number of aromatic nitrogens is 1. The standard InChI is InChI=1S/C31H32F3N3O5.C27H29ClF3NO5.C27H30F3NO6/c1-18(2)37(29(39)20-8-6-19(3)7-9-20)26-12-11-23(16-24(26)30(40)41)42-27-13-10-21(15-25(27)31(32,33)34)28(38)36-22-5-4-14-35-17-22;1-15(2)32(25(34)17-7-5-16(3)6-8-17)22-11-10-19(14-20(22)26(35)36-4)37-23-12-9-18(24(28)33)13-21(23)27(29,30)31;1-15(2)31(24(32)17-7-5-16(3)6-8-17)22-11-10-19(14-20(22)26(35)36-4)37-23-12-9-18(25(33)34)13-21(23)27(28,29)30/h4-5,10-20H,6-9H2,1-3H3,(H,36,38)(H,40,41);9-17H,5-8H2,1-4H3;9-17H,5-8H2,1-4H3,(H,33,34). The Kier molecular flexibility index (Phi) is 30.5. The summed E-state index contributed by atoms with van der Waals surface area (Å²) >= 11 is 5.34. The van der Waals surface area contributed by atoms with Crippen molar-refractivity contribution in [2.75, 3.05) is 34.2 Å². The first-order valence-corrected chi connectivity index (χ1v) is 38.0. The maximum atomic E-state index is 14.0. The molecule has 116 heavy (non-hydrogen) atoms. The number of methoxy groups -OCH3 is 2. The highest BCUT2D eigenvalue weighted by Gasteiger charge is 2.41. The van der Waals surface area contributed by atoms with E-state index in [1.807, 2.05) is 27.7 Å². The molecule has 1 aromatic heterocycles. The fourth-order valence-corrected chi connectivity index (χ4v) is 14.2. The van der Waals surface area contributed by atoms with Crippen molar-refractivity contribution in [1.29, 1.82) is 0 Å². The van der Waals surface area contributed by atoms with Gasteiger partial charge in [-0.2, -0.15) is 39.5 Å². The first-order chi connectivity index (χ1) is 54.5. The van der Waals surface area contributed by atoms with Gasteiger partial charge >= 0.3 is 42.4 Å². The van der Waals surface area contributed by atoms with Gasteiger partial charge in [0, 0.05) is 53.2 Å². The molecule has 622 valence electrons. The lowest BCUT2D eigenvalue weighted by molar-refractivity contribution is -0.139. The molecule has 6 aromatic carbocycles. The van der Waals surface area contributed by atoms with E-state index >= 15 is 0 Å². The number of esters is 2. The van der Waals surface area contributed by atoms with E-state index in [1.165, 1.54) is 83.9 Å². The van der Waals surface area contributed by atoms with Crippen LogP contribution in [-0.4, -0.2) is 100 Å². The molecule has 10 rings (SSSR count). The van der Waals surface area contributed by atoms with E-state index in [0.29, 0.717) is 54.5 Å². The number of hydrogen-bond acceptors (Lipinski definition) is 15. The van der Waals surface area contributed by atoms with E-state index in [2.05, 4.69) is 31.1 Å². The average molecular weight is 1650 g/mol. The number of benzene rings is 6. The molecule has 3 saturated carbocycles. The zero-order valence-electron chi connectivity index (χ0n) is 65.6. The van der Waals surface area contributed by atoms with Crippen LogP contribution in [0.2, 0.25) is 0 Å². The van der Waals surface area contributed by atoms with Crippen LogP contribution in [0, 0.1) is 35.5 Å². The van der Waals surface area contributed by atoms with Crippen molar-refractivity contribution in [2.24, 2.45) is 35.5 Å². The fourth-order valence-electron chi connectivity index (χ4n) is 14.1. The zero-order valence-corrected chi connectivity index (χ0v) is 66.3. The van der Waals surface area contributed by atoms with Gasteiger partial charge in [0.1, 0.15) is 34.5 Å². The van der Waals surface area contributed by atoms with Gasteiger partial charge in [-0.15, -0.1) is 0 Å². The van der Waals surface area contributed by atoms with Gasteiger partial charge in [-0.1, -0.05) is 20.8 Å². The summed E-state index contributed by atoms with van der Waals surface area (Å²) in [4.78, 5) is 122. The molecule has 21 nitrogen and oxygen atoms in total. The number of alkyl halides is 9. The number of halogens is 10. The Bertz CT molecular complexity index is 4540. The fraction of sp³-hybridized carbons (Fsp3) is 0.412. The number of carbonyl (C=O) groups excluding carboxylic acids is 7. The maximum absolute atomic E-state index is 14.0. The number of pyridine rings is 1. The minimum atomic E-state index is -4.88. The largest absolute Gasteiger partial charge is 0.478 e. The molecule has 3 fully saturated rings. The van der Waals surface area contributed by atoms with E-state index in [4.69, 9.17) is 40.4 Å². The number of aromatic carboxylic acids is 2. The van der Waals surface area contributed by atoms with Crippen molar-refractivity contribution in [2.45, 2.75) is 176 Å². The Morgan fingerprint density at radius 3 is 1.05 bits per heavy atom. The number of carboxylic acid groups (broad SMARTS) is 2. The summed E-state index contributed by atoms with van der Waals surface area (Å²) in [6.45, 7) is 17.3. The predicted octanol–water partition coefficient (Wildman–Crippen LogP) is 21.2. The number of nitrogens with zero attached hydrogens (tertiary/aromatic N) is 4. The number of nitrogens with one attached hydrogen (secondary N) is 1. The van der Waals surface area contributed by atoms with Gasteiger partial charge in [0.05, 0.1) is 82.1 Å². The molecule has 0 aliphatic heterocycles. The second-order valence-corrected chi connectivity index (χ2v) is 30.2. The van der Waals surface area contributed by atoms with Gasteiger partial charge in [0.25, 0.3) is 11.1 Å². The van der Waals surface area contributed by atoms with Crippen LogP contribution in [0.1, 0.15) is 218 Å². The molecule has 1 heterocycles. The molecule has 0 spiro atoms. The SMILES string of the molecule is CC1CCC(C(=O)N(c2ccc(Oc3ccc(C(=O)Nc4cccnc4)cc3C(F)(F)F)cc2C(=O)O)C(C)C)CC1.COC(=O)c1cc(Oc2ccc(C(=O)Cl)cc2C(F)(F)F)ccc1N(C(=O)C1CCC(C)CC1)C(C)C.COC(=O)c1cc(Oc2ccc(C(=O)O)cc2C(F)(F)F)ccc1N(C(=O)C1CCC(C)CC1)C(C)C. The molecule has 0 unspecified atom stereocenters. The molecule has 3 N–H and O–H groups in total. The highest BCUT2D eigenvalue weighted by molar-refractivity contribution is 6.67. The Morgan fingerprint density at radius 1 is 0.431 bits per heavy atom. The molecule has 31 heteroatoms. The Morgan fingerprint density at radius 2 is 0.750 bits per heavy atom. The van der Waals surface area contributed by atoms with Crippen molar-refractivity contribution < 1.29 is 117 Å². The molecular weight excluding hydrogens is 1550 g/mol. The number of anilines is 4. The minimum Gasteiger partial charge on any atom is -0.478 e. The summed E-state index contributed by atoms with van der Waals surface area (Å²) in [7, 11) is 2.34. The topological polar surface area (TPSA) is 275 Å². The van der Waals surface area contributed by atoms with Crippen molar-refractivity contribution in [3.05, 3.63) is 184 Å². The molecule has 3 aliphatic carbocycles. The number of ether oxygens (including phenoxy) is 5. The van der Waals surface area contributed by atoms with Crippen LogP contribution >= 0.6 is 11.6 Å². The smallest absolute Gasteiger partial charge is 0.420 e. The molecule has 4 amide bonds. The minimum absolute atomic E-state index is 0.0210. The van der Waals surface area contributed by atoms with Crippen molar-refractivity contribution in [1.82, 2.24) is 4.98 Å². The van der Waals surface area contributed by atoms with Gasteiger partial charge < -0.3 is 53.9 Å². The van der Waals surface area contributed by atoms with Crippen molar-refractivity contribution in [3.8, 4) is 34.5 Å². The van der Waals surface area contributed by atoms with Crippen molar-refractivity contribution >= 4 is 87.1 Å². The van der Waals surface area contributed by atoms with Crippen LogP contribution < -0.4 is 34.2 Å². The number of hydrogen-bond donors (Lipinski definition) is 3. The number of rotatable bonds is 22. The normalized spacial score (nSPS) is 17.6. The highest BCUT2D eigenvalue weighted by atomic mass is 35.5. The summed E-state index contributed by atoms with van der Waals surface area (Å²) in [5.74, 6) is -6.77. The quantitative estimate of drug-likeness (QED) is 0.0323. The Labute approximate surface area is 669 Å². The Balaban J connectivity index is 0.000000218. The van der Waals surface area contributed by atoms with E-state index in [-0.39, 0.29) is 116 Å². The first-order valence-electron chi connectivity index (χ1n) is 37.6. The summed E-state index contributed by atoms with van der Waals surface area (Å²) < 4.78 is 150. The number of amides is 4. The van der Waals surface area contributed by atoms with E-state index < -0.39 is 93.1 Å². The summed E-state index contributed by atoms with van der Waals surface area (Å²) in [6.07, 6.45) is -1.79. The van der Waals surface area contributed by atoms with E-state index in [0.717, 1.165) is 108 Å². The molecule has 0 bridgehead atoms. The van der Waals surface area contributed by atoms with Crippen LogP contribution in [0.15, 0.2) is 134 Å². The first kappa shape index (κ1) is 90.5. The third kappa shape index (κ3) is 23.2. The molecular formula is C85H91ClF9N5O16. The maximum Gasteiger partial charge on any atom is 0.420 e. The summed E-state index contributed by atoms with van der Waals surface area (Å²) in [5.41, 5.74) is -4.16. The molecule has 0 saturated heterocycles. The van der Waals surface area contributed by atoms with Gasteiger partial charge in [0.2, 0.25) is 17.7 Å². The van der Waals surface area contributed by atoms with E-state index in [1.54, 1.807) is 30.9 Å². The molecule has 0 atom stereocenters. The van der Waals surface area contributed by atoms with Crippen LogP contribution in [0.4, 0.5) is 62.3 Å². The second kappa shape index (κ2) is 39.1. The number of carboxylic acids is 2. The molecule has 3 aliphatic rings. The molecule has 0 radical (unpaired) electrons. The third-order valence-electron chi connectivity index (χ3n) is 20.3. The van der Waals surface area contributed by atoms with Gasteiger partial charge in [0.15, 0.2) is 0 Å². The lowest BCUT2D eigenvalue weighted by Crippen LogP contribution is -2.43. The van der Waals surface area contributed by atoms with E-state index in [9.17, 15) is 87.8 Å². The van der Waals surface area contributed by atoms with Gasteiger partial charge in [-0.05, 0) is 269 Å².